The fourth-order valence-corrected chi connectivity index (χ4v) is 3.47. The van der Waals surface area contributed by atoms with Crippen LogP contribution in [-0.4, -0.2) is 32.2 Å². The third-order valence-corrected chi connectivity index (χ3v) is 6.24. The van der Waals surface area contributed by atoms with Gasteiger partial charge in [-0.25, -0.2) is 8.42 Å². The van der Waals surface area contributed by atoms with Crippen molar-refractivity contribution < 1.29 is 13.2 Å². The van der Waals surface area contributed by atoms with Crippen LogP contribution in [0.25, 0.3) is 0 Å². The average molecular weight is 411 g/mol. The SMILES string of the molecule is Cc1ccc(S(=O)(=O)N(C)CC(=O)Nc2ccc(Br)c(C)c2)cc1. The van der Waals surface area contributed by atoms with Gasteiger partial charge in [0.15, 0.2) is 0 Å². The van der Waals surface area contributed by atoms with Crippen molar-refractivity contribution in [2.75, 3.05) is 18.9 Å². The van der Waals surface area contributed by atoms with Crippen molar-refractivity contribution in [3.05, 3.63) is 58.1 Å². The summed E-state index contributed by atoms with van der Waals surface area (Å²) in [6, 6.07) is 11.9. The molecule has 0 aliphatic rings. The summed E-state index contributed by atoms with van der Waals surface area (Å²) in [7, 11) is -2.30. The molecule has 0 aliphatic carbocycles. The van der Waals surface area contributed by atoms with Crippen LogP contribution in [0.15, 0.2) is 51.8 Å². The molecular weight excluding hydrogens is 392 g/mol. The molecule has 0 atom stereocenters. The van der Waals surface area contributed by atoms with Crippen molar-refractivity contribution in [1.29, 1.82) is 0 Å². The zero-order valence-electron chi connectivity index (χ0n) is 13.7. The van der Waals surface area contributed by atoms with Crippen molar-refractivity contribution in [3.8, 4) is 0 Å². The van der Waals surface area contributed by atoms with E-state index in [-0.39, 0.29) is 11.4 Å². The van der Waals surface area contributed by atoms with Gasteiger partial charge in [0.25, 0.3) is 0 Å². The number of halogens is 1. The highest BCUT2D eigenvalue weighted by atomic mass is 79.9. The quantitative estimate of drug-likeness (QED) is 0.821. The van der Waals surface area contributed by atoms with Crippen LogP contribution in [0.5, 0.6) is 0 Å². The lowest BCUT2D eigenvalue weighted by molar-refractivity contribution is -0.116. The smallest absolute Gasteiger partial charge is 0.243 e. The number of benzene rings is 2. The van der Waals surface area contributed by atoms with Crippen molar-refractivity contribution in [3.63, 3.8) is 0 Å². The molecule has 0 saturated carbocycles. The van der Waals surface area contributed by atoms with Crippen LogP contribution >= 0.6 is 15.9 Å². The number of carbonyl (C=O) groups excluding carboxylic acids is 1. The Balaban J connectivity index is 2.07. The molecule has 2 rings (SSSR count). The molecule has 0 bridgehead atoms. The minimum Gasteiger partial charge on any atom is -0.325 e. The van der Waals surface area contributed by atoms with E-state index in [4.69, 9.17) is 0 Å². The average Bonchev–Trinajstić information content (AvgIpc) is 2.51. The zero-order valence-corrected chi connectivity index (χ0v) is 16.1. The lowest BCUT2D eigenvalue weighted by atomic mass is 10.2. The Kier molecular flexibility index (Phi) is 5.79. The van der Waals surface area contributed by atoms with Crippen LogP contribution in [0.3, 0.4) is 0 Å². The highest BCUT2D eigenvalue weighted by Gasteiger charge is 2.22. The maximum absolute atomic E-state index is 12.5. The molecule has 0 saturated heterocycles. The normalized spacial score (nSPS) is 11.5. The molecule has 128 valence electrons. The molecule has 0 fully saturated rings. The molecule has 0 spiro atoms. The van der Waals surface area contributed by atoms with Crippen LogP contribution < -0.4 is 5.32 Å². The number of nitrogens with one attached hydrogen (secondary N) is 1. The summed E-state index contributed by atoms with van der Waals surface area (Å²) in [5.74, 6) is -0.394. The Hall–Kier alpha value is -1.70. The Bertz CT molecular complexity index is 849. The first-order valence-electron chi connectivity index (χ1n) is 7.29. The molecular formula is C17H19BrN2O3S. The van der Waals surface area contributed by atoms with E-state index in [1.165, 1.54) is 19.2 Å². The van der Waals surface area contributed by atoms with Gasteiger partial charge in [0.1, 0.15) is 0 Å². The van der Waals surface area contributed by atoms with E-state index in [1.54, 1.807) is 18.2 Å². The van der Waals surface area contributed by atoms with E-state index in [9.17, 15) is 13.2 Å². The number of carbonyl (C=O) groups is 1. The zero-order chi connectivity index (χ0) is 17.9. The summed E-state index contributed by atoms with van der Waals surface area (Å²) >= 11 is 3.39. The molecule has 1 N–H and O–H groups in total. The van der Waals surface area contributed by atoms with Crippen molar-refractivity contribution >= 4 is 37.5 Å². The van der Waals surface area contributed by atoms with Gasteiger partial charge in [-0.3, -0.25) is 4.79 Å². The fraction of sp³-hybridized carbons (Fsp3) is 0.235. The first-order valence-corrected chi connectivity index (χ1v) is 9.52. The first-order chi connectivity index (χ1) is 11.2. The van der Waals surface area contributed by atoms with Gasteiger partial charge in [0.2, 0.25) is 15.9 Å². The predicted octanol–water partition coefficient (Wildman–Crippen LogP) is 3.33. The molecule has 0 aliphatic heterocycles. The van der Waals surface area contributed by atoms with E-state index in [1.807, 2.05) is 26.0 Å². The van der Waals surface area contributed by atoms with E-state index in [0.29, 0.717) is 5.69 Å². The number of likely N-dealkylation sites (N-methyl/N-ethyl adjacent to an activating group) is 1. The molecule has 2 aromatic rings. The highest BCUT2D eigenvalue weighted by Crippen LogP contribution is 2.20. The van der Waals surface area contributed by atoms with Gasteiger partial charge in [0.05, 0.1) is 11.4 Å². The Morgan fingerprint density at radius 3 is 2.33 bits per heavy atom. The van der Waals surface area contributed by atoms with Crippen LogP contribution in [-0.2, 0) is 14.8 Å². The monoisotopic (exact) mass is 410 g/mol. The minimum absolute atomic E-state index is 0.169. The van der Waals surface area contributed by atoms with E-state index >= 15 is 0 Å². The third-order valence-electron chi connectivity index (χ3n) is 3.54. The Labute approximate surface area is 150 Å². The van der Waals surface area contributed by atoms with Gasteiger partial charge in [-0.05, 0) is 49.7 Å². The molecule has 2 aromatic carbocycles. The number of nitrogens with zero attached hydrogens (tertiary/aromatic N) is 1. The van der Waals surface area contributed by atoms with E-state index in [2.05, 4.69) is 21.2 Å². The van der Waals surface area contributed by atoms with Gasteiger partial charge >= 0.3 is 0 Å². The van der Waals surface area contributed by atoms with E-state index in [0.717, 1.165) is 19.9 Å². The predicted molar refractivity (Wildman–Crippen MR) is 98.5 cm³/mol. The third kappa shape index (κ3) is 4.43. The van der Waals surface area contributed by atoms with Crippen LogP contribution in [0.4, 0.5) is 5.69 Å². The number of hydrogen-bond donors (Lipinski definition) is 1. The number of amides is 1. The van der Waals surface area contributed by atoms with Crippen molar-refractivity contribution in [1.82, 2.24) is 4.31 Å². The first kappa shape index (κ1) is 18.6. The van der Waals surface area contributed by atoms with Crippen LogP contribution in [0.2, 0.25) is 0 Å². The maximum Gasteiger partial charge on any atom is 0.243 e. The molecule has 0 aromatic heterocycles. The summed E-state index contributed by atoms with van der Waals surface area (Å²) in [5.41, 5.74) is 2.58. The molecule has 0 heterocycles. The van der Waals surface area contributed by atoms with Gasteiger partial charge < -0.3 is 5.32 Å². The topological polar surface area (TPSA) is 66.5 Å². The largest absolute Gasteiger partial charge is 0.325 e. The Morgan fingerprint density at radius 2 is 1.75 bits per heavy atom. The second kappa shape index (κ2) is 7.46. The molecule has 24 heavy (non-hydrogen) atoms. The van der Waals surface area contributed by atoms with Crippen LogP contribution in [0.1, 0.15) is 11.1 Å². The summed E-state index contributed by atoms with van der Waals surface area (Å²) in [4.78, 5) is 12.3. The van der Waals surface area contributed by atoms with Crippen molar-refractivity contribution in [2.45, 2.75) is 18.7 Å². The summed E-state index contributed by atoms with van der Waals surface area (Å²) < 4.78 is 26.9. The number of rotatable bonds is 5. The van der Waals surface area contributed by atoms with Gasteiger partial charge in [0, 0.05) is 17.2 Å². The van der Waals surface area contributed by atoms with Crippen LogP contribution in [0, 0.1) is 13.8 Å². The summed E-state index contributed by atoms with van der Waals surface area (Å²) in [6.45, 7) is 3.53. The Morgan fingerprint density at radius 1 is 1.12 bits per heavy atom. The second-order valence-electron chi connectivity index (χ2n) is 5.59. The number of anilines is 1. The van der Waals surface area contributed by atoms with Gasteiger partial charge in [-0.15, -0.1) is 0 Å². The standard InChI is InChI=1S/C17H19BrN2O3S/c1-12-4-7-15(8-5-12)24(22,23)20(3)11-17(21)19-14-6-9-16(18)13(2)10-14/h4-10H,11H2,1-3H3,(H,19,21). The lowest BCUT2D eigenvalue weighted by Gasteiger charge is -2.17. The van der Waals surface area contributed by atoms with E-state index < -0.39 is 15.9 Å². The molecule has 5 nitrogen and oxygen atoms in total. The number of hydrogen-bond acceptors (Lipinski definition) is 3. The van der Waals surface area contributed by atoms with Crippen molar-refractivity contribution in [2.24, 2.45) is 0 Å². The second-order valence-corrected chi connectivity index (χ2v) is 8.49. The molecule has 7 heteroatoms. The highest BCUT2D eigenvalue weighted by molar-refractivity contribution is 9.10. The van der Waals surface area contributed by atoms with Gasteiger partial charge in [-0.1, -0.05) is 33.6 Å². The summed E-state index contributed by atoms with van der Waals surface area (Å²) in [6.07, 6.45) is 0. The maximum atomic E-state index is 12.5. The minimum atomic E-state index is -3.69. The van der Waals surface area contributed by atoms with Gasteiger partial charge in [-0.2, -0.15) is 4.31 Å². The lowest BCUT2D eigenvalue weighted by Crippen LogP contribution is -2.34. The fourth-order valence-electron chi connectivity index (χ4n) is 2.10. The summed E-state index contributed by atoms with van der Waals surface area (Å²) in [5, 5.41) is 2.71. The molecule has 1 amide bonds. The molecule has 0 radical (unpaired) electrons. The number of sulfonamides is 1. The number of aryl methyl sites for hydroxylation is 2. The molecule has 0 unspecified atom stereocenters.